The number of hydrogen-bond acceptors (Lipinski definition) is 3. The monoisotopic (exact) mass is 372 g/mol. The van der Waals surface area contributed by atoms with Crippen LogP contribution in [0.4, 0.5) is 4.39 Å². The number of halogens is 1. The van der Waals surface area contributed by atoms with Crippen LogP contribution in [-0.2, 0) is 0 Å². The van der Waals surface area contributed by atoms with E-state index in [0.29, 0.717) is 12.1 Å². The van der Waals surface area contributed by atoms with Crippen LogP contribution in [0.2, 0.25) is 0 Å². The summed E-state index contributed by atoms with van der Waals surface area (Å²) in [4.78, 5) is 15.2. The second-order valence-electron chi connectivity index (χ2n) is 7.99. The number of hydrogen-bond donors (Lipinski definition) is 1. The average molecular weight is 372 g/mol. The molecule has 1 aliphatic carbocycles. The van der Waals surface area contributed by atoms with Crippen molar-refractivity contribution in [2.24, 2.45) is 0 Å². The van der Waals surface area contributed by atoms with Gasteiger partial charge in [-0.2, -0.15) is 5.10 Å². The molecule has 5 nitrogen and oxygen atoms in total. The van der Waals surface area contributed by atoms with Crippen molar-refractivity contribution >= 4 is 5.91 Å². The Hall–Kier alpha value is -2.21. The zero-order valence-corrected chi connectivity index (χ0v) is 16.6. The van der Waals surface area contributed by atoms with Crippen molar-refractivity contribution in [3.05, 3.63) is 47.5 Å². The first-order chi connectivity index (χ1) is 12.8. The first-order valence-corrected chi connectivity index (χ1v) is 9.63. The Bertz CT molecular complexity index is 789. The largest absolute Gasteiger partial charge is 0.350 e. The molecule has 0 unspecified atom stereocenters. The number of likely N-dealkylation sites (N-methyl/N-ethyl adjacent to an activating group) is 1. The quantitative estimate of drug-likeness (QED) is 0.840. The van der Waals surface area contributed by atoms with Crippen molar-refractivity contribution in [3.8, 4) is 5.69 Å². The number of rotatable bonds is 6. The van der Waals surface area contributed by atoms with Crippen LogP contribution in [0.15, 0.2) is 30.5 Å². The number of nitrogens with one attached hydrogen (secondary N) is 1. The second kappa shape index (κ2) is 7.80. The van der Waals surface area contributed by atoms with E-state index in [9.17, 15) is 9.18 Å². The number of carbonyl (C=O) groups is 1. The molecule has 1 aliphatic rings. The molecule has 0 saturated heterocycles. The minimum absolute atomic E-state index is 0.0423. The fourth-order valence-electron chi connectivity index (χ4n) is 4.03. The second-order valence-corrected chi connectivity index (χ2v) is 7.99. The van der Waals surface area contributed by atoms with Crippen molar-refractivity contribution in [1.82, 2.24) is 20.0 Å². The average Bonchev–Trinajstić information content (AvgIpc) is 3.28. The highest BCUT2D eigenvalue weighted by atomic mass is 19.1. The predicted molar refractivity (Wildman–Crippen MR) is 105 cm³/mol. The van der Waals surface area contributed by atoms with Crippen molar-refractivity contribution in [3.63, 3.8) is 0 Å². The van der Waals surface area contributed by atoms with Gasteiger partial charge in [0, 0.05) is 12.1 Å². The lowest BCUT2D eigenvalue weighted by Crippen LogP contribution is -2.50. The third kappa shape index (κ3) is 3.90. The van der Waals surface area contributed by atoms with Crippen LogP contribution in [0.3, 0.4) is 0 Å². The third-order valence-electron chi connectivity index (χ3n) is 5.73. The number of nitrogens with zero attached hydrogens (tertiary/aromatic N) is 3. The summed E-state index contributed by atoms with van der Waals surface area (Å²) >= 11 is 0. The van der Waals surface area contributed by atoms with Crippen LogP contribution in [0.5, 0.6) is 0 Å². The molecule has 1 heterocycles. The number of carbonyl (C=O) groups excluding carboxylic acids is 1. The standard InChI is InChI=1S/C21H29FN4O/c1-15(2)19-18(13-24-26(19)17-9-7-16(22)8-10-17)20(27)23-14-21(25(3)4)11-5-6-12-21/h7-10,13,15H,5-6,11-12,14H2,1-4H3,(H,23,27). The van der Waals surface area contributed by atoms with E-state index in [1.54, 1.807) is 23.0 Å². The Kier molecular flexibility index (Phi) is 5.65. The van der Waals surface area contributed by atoms with Gasteiger partial charge >= 0.3 is 0 Å². The highest BCUT2D eigenvalue weighted by Crippen LogP contribution is 2.33. The van der Waals surface area contributed by atoms with Crippen LogP contribution in [0.25, 0.3) is 5.69 Å². The SMILES string of the molecule is CC(C)c1c(C(=O)NCC2(N(C)C)CCCC2)cnn1-c1ccc(F)cc1. The van der Waals surface area contributed by atoms with Gasteiger partial charge in [0.05, 0.1) is 23.1 Å². The van der Waals surface area contributed by atoms with Gasteiger partial charge in [-0.25, -0.2) is 9.07 Å². The predicted octanol–water partition coefficient (Wildman–Crippen LogP) is 3.74. The van der Waals surface area contributed by atoms with Crippen LogP contribution < -0.4 is 5.32 Å². The summed E-state index contributed by atoms with van der Waals surface area (Å²) in [7, 11) is 4.17. The molecule has 1 aromatic carbocycles. The maximum absolute atomic E-state index is 13.2. The van der Waals surface area contributed by atoms with E-state index >= 15 is 0 Å². The Morgan fingerprint density at radius 3 is 2.44 bits per heavy atom. The van der Waals surface area contributed by atoms with Gasteiger partial charge in [0.1, 0.15) is 5.82 Å². The molecule has 1 fully saturated rings. The lowest BCUT2D eigenvalue weighted by molar-refractivity contribution is 0.0898. The Morgan fingerprint density at radius 1 is 1.26 bits per heavy atom. The first-order valence-electron chi connectivity index (χ1n) is 9.63. The van der Waals surface area contributed by atoms with E-state index in [0.717, 1.165) is 24.2 Å². The maximum Gasteiger partial charge on any atom is 0.254 e. The van der Waals surface area contributed by atoms with Gasteiger partial charge in [0.15, 0.2) is 0 Å². The molecule has 0 aliphatic heterocycles. The molecule has 146 valence electrons. The summed E-state index contributed by atoms with van der Waals surface area (Å²) in [6, 6.07) is 6.16. The molecule has 0 atom stereocenters. The minimum Gasteiger partial charge on any atom is -0.350 e. The van der Waals surface area contributed by atoms with Gasteiger partial charge in [-0.1, -0.05) is 26.7 Å². The van der Waals surface area contributed by atoms with Crippen LogP contribution >= 0.6 is 0 Å². The summed E-state index contributed by atoms with van der Waals surface area (Å²) in [5.74, 6) is -0.284. The molecular formula is C21H29FN4O. The molecule has 2 aromatic rings. The first kappa shape index (κ1) is 19.5. The number of aromatic nitrogens is 2. The van der Waals surface area contributed by atoms with Gasteiger partial charge in [0.25, 0.3) is 5.91 Å². The van der Waals surface area contributed by atoms with Crippen molar-refractivity contribution in [2.45, 2.75) is 51.0 Å². The lowest BCUT2D eigenvalue weighted by Gasteiger charge is -2.36. The van der Waals surface area contributed by atoms with E-state index in [1.165, 1.54) is 25.0 Å². The van der Waals surface area contributed by atoms with E-state index in [-0.39, 0.29) is 23.2 Å². The zero-order chi connectivity index (χ0) is 19.6. The van der Waals surface area contributed by atoms with Gasteiger partial charge in [-0.15, -0.1) is 0 Å². The fraction of sp³-hybridized carbons (Fsp3) is 0.524. The Labute approximate surface area is 160 Å². The molecule has 1 saturated carbocycles. The van der Waals surface area contributed by atoms with Crippen LogP contribution in [0, 0.1) is 5.82 Å². The number of benzene rings is 1. The molecule has 0 bridgehead atoms. The van der Waals surface area contributed by atoms with E-state index < -0.39 is 0 Å². The molecule has 0 radical (unpaired) electrons. The molecule has 1 amide bonds. The summed E-state index contributed by atoms with van der Waals surface area (Å²) in [6.45, 7) is 4.70. The summed E-state index contributed by atoms with van der Waals surface area (Å²) in [6.07, 6.45) is 6.23. The molecule has 27 heavy (non-hydrogen) atoms. The summed E-state index contributed by atoms with van der Waals surface area (Å²) < 4.78 is 15.0. The lowest BCUT2D eigenvalue weighted by atomic mass is 9.95. The number of amides is 1. The minimum atomic E-state index is -0.291. The summed E-state index contributed by atoms with van der Waals surface area (Å²) in [5, 5.41) is 7.55. The highest BCUT2D eigenvalue weighted by Gasteiger charge is 2.36. The third-order valence-corrected chi connectivity index (χ3v) is 5.73. The molecule has 6 heteroatoms. The molecule has 0 spiro atoms. The van der Waals surface area contributed by atoms with Crippen molar-refractivity contribution < 1.29 is 9.18 Å². The molecule has 1 aromatic heterocycles. The van der Waals surface area contributed by atoms with Gasteiger partial charge in [0.2, 0.25) is 0 Å². The smallest absolute Gasteiger partial charge is 0.254 e. The van der Waals surface area contributed by atoms with Gasteiger partial charge in [-0.3, -0.25) is 4.79 Å². The molecule has 3 rings (SSSR count). The van der Waals surface area contributed by atoms with E-state index in [1.807, 2.05) is 13.8 Å². The Balaban J connectivity index is 1.83. The van der Waals surface area contributed by atoms with Crippen LogP contribution in [0.1, 0.15) is 61.5 Å². The van der Waals surface area contributed by atoms with Gasteiger partial charge in [-0.05, 0) is 57.1 Å². The van der Waals surface area contributed by atoms with Crippen LogP contribution in [-0.4, -0.2) is 46.8 Å². The van der Waals surface area contributed by atoms with Gasteiger partial charge < -0.3 is 10.2 Å². The molecular weight excluding hydrogens is 343 g/mol. The molecule has 1 N–H and O–H groups in total. The van der Waals surface area contributed by atoms with E-state index in [4.69, 9.17) is 0 Å². The van der Waals surface area contributed by atoms with Crippen molar-refractivity contribution in [1.29, 1.82) is 0 Å². The van der Waals surface area contributed by atoms with E-state index in [2.05, 4.69) is 29.4 Å². The normalized spacial score (nSPS) is 16.3. The maximum atomic E-state index is 13.2. The zero-order valence-electron chi connectivity index (χ0n) is 16.6. The highest BCUT2D eigenvalue weighted by molar-refractivity contribution is 5.95. The Morgan fingerprint density at radius 2 is 1.89 bits per heavy atom. The topological polar surface area (TPSA) is 50.2 Å². The fourth-order valence-corrected chi connectivity index (χ4v) is 4.03. The summed E-state index contributed by atoms with van der Waals surface area (Å²) in [5.41, 5.74) is 2.21. The van der Waals surface area contributed by atoms with Crippen molar-refractivity contribution in [2.75, 3.05) is 20.6 Å².